The van der Waals surface area contributed by atoms with E-state index in [4.69, 9.17) is 11.6 Å². The summed E-state index contributed by atoms with van der Waals surface area (Å²) < 4.78 is 0. The van der Waals surface area contributed by atoms with E-state index in [-0.39, 0.29) is 5.28 Å². The van der Waals surface area contributed by atoms with Crippen molar-refractivity contribution in [3.8, 4) is 0 Å². The van der Waals surface area contributed by atoms with Gasteiger partial charge < -0.3 is 10.4 Å². The molecule has 0 aromatic carbocycles. The Bertz CT molecular complexity index is 435. The fourth-order valence-corrected chi connectivity index (χ4v) is 1.98. The molecular formula is C11H15ClN4O. The molecule has 92 valence electrons. The van der Waals surface area contributed by atoms with Gasteiger partial charge in [0.1, 0.15) is 0 Å². The summed E-state index contributed by atoms with van der Waals surface area (Å²) >= 11 is 5.85. The summed E-state index contributed by atoms with van der Waals surface area (Å²) in [7, 11) is 0. The maximum Gasteiger partial charge on any atom is 0.227 e. The Kier molecular flexibility index (Phi) is 3.91. The van der Waals surface area contributed by atoms with Crippen LogP contribution in [-0.4, -0.2) is 32.7 Å². The number of aromatic nitrogens is 3. The van der Waals surface area contributed by atoms with E-state index in [0.29, 0.717) is 11.8 Å². The van der Waals surface area contributed by atoms with Crippen LogP contribution in [0.25, 0.3) is 5.57 Å². The first kappa shape index (κ1) is 12.3. The SMILES string of the molecule is CCNc1nc(Cl)nc(C2=CC(O)CCC2)n1. The van der Waals surface area contributed by atoms with Crippen LogP contribution in [0.1, 0.15) is 32.0 Å². The molecule has 1 aromatic heterocycles. The quantitative estimate of drug-likeness (QED) is 0.862. The third kappa shape index (κ3) is 3.14. The van der Waals surface area contributed by atoms with Gasteiger partial charge in [0.2, 0.25) is 11.2 Å². The normalized spacial score (nSPS) is 19.9. The summed E-state index contributed by atoms with van der Waals surface area (Å²) in [5.41, 5.74) is 0.937. The van der Waals surface area contributed by atoms with Crippen LogP contribution < -0.4 is 5.32 Å². The summed E-state index contributed by atoms with van der Waals surface area (Å²) in [4.78, 5) is 12.4. The van der Waals surface area contributed by atoms with E-state index < -0.39 is 6.10 Å². The van der Waals surface area contributed by atoms with Crippen molar-refractivity contribution in [3.63, 3.8) is 0 Å². The second-order valence-electron chi connectivity index (χ2n) is 3.93. The van der Waals surface area contributed by atoms with Gasteiger partial charge in [0.25, 0.3) is 0 Å². The monoisotopic (exact) mass is 254 g/mol. The van der Waals surface area contributed by atoms with Gasteiger partial charge in [-0.2, -0.15) is 15.0 Å². The third-order valence-corrected chi connectivity index (χ3v) is 2.74. The van der Waals surface area contributed by atoms with Gasteiger partial charge in [-0.15, -0.1) is 0 Å². The van der Waals surface area contributed by atoms with Crippen molar-refractivity contribution in [3.05, 3.63) is 17.2 Å². The number of allylic oxidation sites excluding steroid dienone is 1. The van der Waals surface area contributed by atoms with Gasteiger partial charge in [-0.3, -0.25) is 0 Å². The molecule has 0 amide bonds. The first-order valence-corrected chi connectivity index (χ1v) is 6.11. The molecule has 1 aromatic rings. The third-order valence-electron chi connectivity index (χ3n) is 2.57. The standard InChI is InChI=1S/C11H15ClN4O/c1-2-13-11-15-9(14-10(12)16-11)7-4-3-5-8(17)6-7/h6,8,17H,2-5H2,1H3,(H,13,14,15,16). The molecule has 1 aliphatic carbocycles. The molecule has 0 bridgehead atoms. The van der Waals surface area contributed by atoms with Crippen molar-refractivity contribution in [1.82, 2.24) is 15.0 Å². The highest BCUT2D eigenvalue weighted by Crippen LogP contribution is 2.25. The number of halogens is 1. The number of hydrogen-bond donors (Lipinski definition) is 2. The van der Waals surface area contributed by atoms with Gasteiger partial charge in [-0.05, 0) is 49.4 Å². The number of nitrogens with zero attached hydrogens (tertiary/aromatic N) is 3. The van der Waals surface area contributed by atoms with Crippen LogP contribution in [0.2, 0.25) is 5.28 Å². The lowest BCUT2D eigenvalue weighted by atomic mass is 9.97. The van der Waals surface area contributed by atoms with Gasteiger partial charge in [-0.1, -0.05) is 0 Å². The lowest BCUT2D eigenvalue weighted by Crippen LogP contribution is -2.11. The van der Waals surface area contributed by atoms with Crippen molar-refractivity contribution in [1.29, 1.82) is 0 Å². The maximum atomic E-state index is 9.59. The van der Waals surface area contributed by atoms with E-state index in [0.717, 1.165) is 31.4 Å². The molecule has 0 fully saturated rings. The predicted octanol–water partition coefficient (Wildman–Crippen LogP) is 1.88. The summed E-state index contributed by atoms with van der Waals surface area (Å²) in [5.74, 6) is 1.03. The Morgan fingerprint density at radius 3 is 3.00 bits per heavy atom. The van der Waals surface area contributed by atoms with Gasteiger partial charge >= 0.3 is 0 Å². The molecule has 1 atom stereocenters. The molecule has 17 heavy (non-hydrogen) atoms. The van der Waals surface area contributed by atoms with Crippen molar-refractivity contribution < 1.29 is 5.11 Å². The number of hydrogen-bond acceptors (Lipinski definition) is 5. The fourth-order valence-electron chi connectivity index (χ4n) is 1.82. The van der Waals surface area contributed by atoms with E-state index in [1.807, 2.05) is 6.92 Å². The number of anilines is 1. The van der Waals surface area contributed by atoms with Crippen LogP contribution in [0.3, 0.4) is 0 Å². The highest BCUT2D eigenvalue weighted by molar-refractivity contribution is 6.28. The smallest absolute Gasteiger partial charge is 0.227 e. The summed E-state index contributed by atoms with van der Waals surface area (Å²) in [5, 5.41) is 12.8. The van der Waals surface area contributed by atoms with Crippen LogP contribution in [0.4, 0.5) is 5.95 Å². The summed E-state index contributed by atoms with van der Waals surface area (Å²) in [6, 6.07) is 0. The van der Waals surface area contributed by atoms with Crippen LogP contribution in [-0.2, 0) is 0 Å². The van der Waals surface area contributed by atoms with Gasteiger partial charge in [0.15, 0.2) is 5.82 Å². The minimum absolute atomic E-state index is 0.173. The van der Waals surface area contributed by atoms with Crippen molar-refractivity contribution in [2.75, 3.05) is 11.9 Å². The Morgan fingerprint density at radius 1 is 1.47 bits per heavy atom. The molecule has 1 aliphatic rings. The highest BCUT2D eigenvalue weighted by atomic mass is 35.5. The van der Waals surface area contributed by atoms with Crippen LogP contribution in [0.5, 0.6) is 0 Å². The molecule has 2 N–H and O–H groups in total. The zero-order valence-electron chi connectivity index (χ0n) is 9.65. The van der Waals surface area contributed by atoms with E-state index in [2.05, 4.69) is 20.3 Å². The van der Waals surface area contributed by atoms with Crippen LogP contribution >= 0.6 is 11.6 Å². The highest BCUT2D eigenvalue weighted by Gasteiger charge is 2.15. The molecule has 6 heteroatoms. The van der Waals surface area contributed by atoms with Gasteiger partial charge in [0, 0.05) is 6.54 Å². The minimum Gasteiger partial charge on any atom is -0.389 e. The van der Waals surface area contributed by atoms with Crippen molar-refractivity contribution in [2.45, 2.75) is 32.3 Å². The lowest BCUT2D eigenvalue weighted by molar-refractivity contribution is 0.206. The van der Waals surface area contributed by atoms with Crippen molar-refractivity contribution in [2.24, 2.45) is 0 Å². The Hall–Kier alpha value is -1.20. The lowest BCUT2D eigenvalue weighted by Gasteiger charge is -2.16. The average molecular weight is 255 g/mol. The zero-order valence-corrected chi connectivity index (χ0v) is 10.4. The topological polar surface area (TPSA) is 70.9 Å². The molecule has 0 saturated carbocycles. The molecule has 0 spiro atoms. The number of aliphatic hydroxyl groups excluding tert-OH is 1. The first-order chi connectivity index (χ1) is 8.19. The predicted molar refractivity (Wildman–Crippen MR) is 66.8 cm³/mol. The second-order valence-corrected chi connectivity index (χ2v) is 4.27. The molecule has 1 unspecified atom stereocenters. The van der Waals surface area contributed by atoms with Gasteiger partial charge in [-0.25, -0.2) is 0 Å². The second kappa shape index (κ2) is 5.42. The van der Waals surface area contributed by atoms with E-state index in [1.165, 1.54) is 0 Å². The molecule has 1 heterocycles. The van der Waals surface area contributed by atoms with E-state index in [1.54, 1.807) is 6.08 Å². The molecular weight excluding hydrogens is 240 g/mol. The van der Waals surface area contributed by atoms with Crippen LogP contribution in [0.15, 0.2) is 6.08 Å². The van der Waals surface area contributed by atoms with E-state index >= 15 is 0 Å². The summed E-state index contributed by atoms with van der Waals surface area (Å²) in [6.45, 7) is 2.68. The molecule has 0 saturated heterocycles. The fraction of sp³-hybridized carbons (Fsp3) is 0.545. The number of rotatable bonds is 3. The average Bonchev–Trinajstić information content (AvgIpc) is 2.28. The molecule has 5 nitrogen and oxygen atoms in total. The molecule has 2 rings (SSSR count). The van der Waals surface area contributed by atoms with Crippen molar-refractivity contribution >= 4 is 23.1 Å². The first-order valence-electron chi connectivity index (χ1n) is 5.73. The van der Waals surface area contributed by atoms with E-state index in [9.17, 15) is 5.11 Å². The van der Waals surface area contributed by atoms with Crippen LogP contribution in [0, 0.1) is 0 Å². The summed E-state index contributed by atoms with van der Waals surface area (Å²) in [6.07, 6.45) is 3.99. The zero-order chi connectivity index (χ0) is 12.3. The minimum atomic E-state index is -0.406. The Balaban J connectivity index is 2.31. The maximum absolute atomic E-state index is 9.59. The Labute approximate surface area is 105 Å². The number of aliphatic hydroxyl groups is 1. The Morgan fingerprint density at radius 2 is 2.29 bits per heavy atom. The largest absolute Gasteiger partial charge is 0.389 e. The molecule has 0 radical (unpaired) electrons. The van der Waals surface area contributed by atoms with Gasteiger partial charge in [0.05, 0.1) is 6.10 Å². The molecule has 0 aliphatic heterocycles. The number of nitrogens with one attached hydrogen (secondary N) is 1.